The molecule has 0 saturated carbocycles. The van der Waals surface area contributed by atoms with Crippen LogP contribution in [0, 0.1) is 0 Å². The highest BCUT2D eigenvalue weighted by Crippen LogP contribution is 2.37. The van der Waals surface area contributed by atoms with E-state index in [4.69, 9.17) is 0 Å². The first-order valence-electron chi connectivity index (χ1n) is 8.98. The van der Waals surface area contributed by atoms with Crippen molar-refractivity contribution in [2.75, 3.05) is 0 Å². The van der Waals surface area contributed by atoms with Crippen LogP contribution in [-0.4, -0.2) is 25.2 Å². The van der Waals surface area contributed by atoms with E-state index in [0.29, 0.717) is 5.69 Å². The predicted octanol–water partition coefficient (Wildman–Crippen LogP) is 5.28. The molecule has 0 radical (unpaired) electrons. The van der Waals surface area contributed by atoms with Crippen LogP contribution in [0.5, 0.6) is 11.5 Å². The van der Waals surface area contributed by atoms with Gasteiger partial charge in [0.1, 0.15) is 28.2 Å². The Morgan fingerprint density at radius 1 is 0.786 bits per heavy atom. The third kappa shape index (κ3) is 3.55. The van der Waals surface area contributed by atoms with E-state index in [0.717, 1.165) is 26.4 Å². The summed E-state index contributed by atoms with van der Waals surface area (Å²) in [7, 11) is 0. The van der Waals surface area contributed by atoms with Crippen molar-refractivity contribution in [3.63, 3.8) is 0 Å². The Balaban J connectivity index is 1.74. The van der Waals surface area contributed by atoms with Crippen molar-refractivity contribution < 1.29 is 10.2 Å². The normalized spacial score (nSPS) is 11.8. The summed E-state index contributed by atoms with van der Waals surface area (Å²) in [6.07, 6.45) is 0. The summed E-state index contributed by atoms with van der Waals surface area (Å²) in [6.45, 7) is 6.01. The Labute approximate surface area is 167 Å². The fraction of sp³-hybridized carbons (Fsp3) is 0.182. The lowest BCUT2D eigenvalue weighted by molar-refractivity contribution is 0.428. The summed E-state index contributed by atoms with van der Waals surface area (Å²) >= 11 is 1.66. The highest BCUT2D eigenvalue weighted by atomic mass is 32.2. The molecule has 0 aliphatic carbocycles. The van der Waals surface area contributed by atoms with Crippen LogP contribution < -0.4 is 0 Å². The largest absolute Gasteiger partial charge is 0.508 e. The monoisotopic (exact) mass is 391 g/mol. The molecule has 0 amide bonds. The third-order valence-electron chi connectivity index (χ3n) is 4.45. The number of aromatic nitrogens is 3. The first-order chi connectivity index (χ1) is 13.3. The smallest absolute Gasteiger partial charge is 0.146 e. The fourth-order valence-electron chi connectivity index (χ4n) is 3.02. The van der Waals surface area contributed by atoms with Gasteiger partial charge in [0.05, 0.1) is 0 Å². The van der Waals surface area contributed by atoms with Gasteiger partial charge in [-0.1, -0.05) is 50.7 Å². The van der Waals surface area contributed by atoms with Crippen molar-refractivity contribution in [3.05, 3.63) is 66.2 Å². The highest BCUT2D eigenvalue weighted by molar-refractivity contribution is 7.99. The summed E-state index contributed by atoms with van der Waals surface area (Å²) < 4.78 is 0. The molecule has 0 aliphatic heterocycles. The molecule has 28 heavy (non-hydrogen) atoms. The van der Waals surface area contributed by atoms with Gasteiger partial charge in [-0.15, -0.1) is 15.0 Å². The summed E-state index contributed by atoms with van der Waals surface area (Å²) in [4.78, 5) is 3.64. The van der Waals surface area contributed by atoms with Crippen molar-refractivity contribution >= 4 is 22.8 Å². The van der Waals surface area contributed by atoms with Crippen molar-refractivity contribution in [2.45, 2.75) is 36.0 Å². The zero-order valence-corrected chi connectivity index (χ0v) is 16.7. The average Bonchev–Trinajstić information content (AvgIpc) is 3.04. The van der Waals surface area contributed by atoms with Crippen molar-refractivity contribution in [3.8, 4) is 17.2 Å². The van der Waals surface area contributed by atoms with Gasteiger partial charge in [0.25, 0.3) is 0 Å². The molecule has 1 heterocycles. The molecule has 1 aromatic heterocycles. The molecule has 0 bridgehead atoms. The van der Waals surface area contributed by atoms with E-state index in [1.165, 1.54) is 10.9 Å². The summed E-state index contributed by atoms with van der Waals surface area (Å²) in [5.41, 5.74) is 2.37. The SMILES string of the molecule is CC(C)(C)c1cc(-n2nc3ccc(Sc4ccccc4)cc3n2)c(O)cc1O. The number of phenols is 2. The second-order valence-electron chi connectivity index (χ2n) is 7.66. The number of phenolic OH excluding ortho intramolecular Hbond substituents is 2. The molecule has 4 aromatic rings. The predicted molar refractivity (Wildman–Crippen MR) is 111 cm³/mol. The quantitative estimate of drug-likeness (QED) is 0.497. The standard InChI is InChI=1S/C22H21N3O2S/c1-22(2,3)16-12-19(21(27)13-20(16)26)25-23-17-10-9-15(11-18(17)24-25)28-14-7-5-4-6-8-14/h4-13,26-27H,1-3H3. The van der Waals surface area contributed by atoms with Gasteiger partial charge in [-0.2, -0.15) is 0 Å². The molecular weight excluding hydrogens is 370 g/mol. The lowest BCUT2D eigenvalue weighted by Crippen LogP contribution is -2.12. The molecule has 6 heteroatoms. The van der Waals surface area contributed by atoms with Gasteiger partial charge < -0.3 is 10.2 Å². The summed E-state index contributed by atoms with van der Waals surface area (Å²) in [6, 6.07) is 19.2. The highest BCUT2D eigenvalue weighted by Gasteiger charge is 2.22. The van der Waals surface area contributed by atoms with Gasteiger partial charge in [-0.05, 0) is 41.8 Å². The summed E-state index contributed by atoms with van der Waals surface area (Å²) in [5.74, 6) is -0.00306. The molecule has 0 atom stereocenters. The number of hydrogen-bond acceptors (Lipinski definition) is 5. The average molecular weight is 391 g/mol. The minimum atomic E-state index is -0.279. The lowest BCUT2D eigenvalue weighted by Gasteiger charge is -2.21. The maximum Gasteiger partial charge on any atom is 0.146 e. The minimum Gasteiger partial charge on any atom is -0.508 e. The molecule has 0 saturated heterocycles. The molecule has 0 unspecified atom stereocenters. The van der Waals surface area contributed by atoms with Crippen LogP contribution in [0.15, 0.2) is 70.5 Å². The number of hydrogen-bond donors (Lipinski definition) is 2. The lowest BCUT2D eigenvalue weighted by atomic mass is 9.86. The maximum atomic E-state index is 10.3. The Kier molecular flexibility index (Phi) is 4.51. The van der Waals surface area contributed by atoms with Gasteiger partial charge in [-0.3, -0.25) is 0 Å². The molecule has 3 aromatic carbocycles. The van der Waals surface area contributed by atoms with Gasteiger partial charge in [0.2, 0.25) is 0 Å². The molecule has 142 valence electrons. The third-order valence-corrected chi connectivity index (χ3v) is 5.44. The number of fused-ring (bicyclic) bond motifs is 1. The van der Waals surface area contributed by atoms with Crippen molar-refractivity contribution in [1.29, 1.82) is 0 Å². The van der Waals surface area contributed by atoms with E-state index >= 15 is 0 Å². The molecule has 5 nitrogen and oxygen atoms in total. The second-order valence-corrected chi connectivity index (χ2v) is 8.81. The van der Waals surface area contributed by atoms with Crippen molar-refractivity contribution in [2.24, 2.45) is 0 Å². The van der Waals surface area contributed by atoms with Crippen LogP contribution in [0.1, 0.15) is 26.3 Å². The molecule has 2 N–H and O–H groups in total. The summed E-state index contributed by atoms with van der Waals surface area (Å²) in [5, 5.41) is 29.6. The Morgan fingerprint density at radius 2 is 1.50 bits per heavy atom. The molecule has 0 fully saturated rings. The number of rotatable bonds is 3. The topological polar surface area (TPSA) is 71.2 Å². The first-order valence-corrected chi connectivity index (χ1v) is 9.80. The van der Waals surface area contributed by atoms with E-state index in [1.807, 2.05) is 57.2 Å². The van der Waals surface area contributed by atoms with Crippen LogP contribution in [0.25, 0.3) is 16.7 Å². The Hall–Kier alpha value is -2.99. The molecule has 0 aliphatic rings. The minimum absolute atomic E-state index is 0.0620. The van der Waals surface area contributed by atoms with Crippen LogP contribution in [0.3, 0.4) is 0 Å². The van der Waals surface area contributed by atoms with Gasteiger partial charge >= 0.3 is 0 Å². The van der Waals surface area contributed by atoms with Crippen LogP contribution in [0.4, 0.5) is 0 Å². The second kappa shape index (κ2) is 6.87. The van der Waals surface area contributed by atoms with Crippen molar-refractivity contribution in [1.82, 2.24) is 15.0 Å². The van der Waals surface area contributed by atoms with Gasteiger partial charge in [0, 0.05) is 21.4 Å². The van der Waals surface area contributed by atoms with E-state index in [1.54, 1.807) is 17.8 Å². The van der Waals surface area contributed by atoms with Gasteiger partial charge in [0.15, 0.2) is 0 Å². The van der Waals surface area contributed by atoms with E-state index in [2.05, 4.69) is 22.3 Å². The van der Waals surface area contributed by atoms with Crippen LogP contribution in [-0.2, 0) is 5.41 Å². The Bertz CT molecular complexity index is 1150. The molecule has 0 spiro atoms. The molecular formula is C22H21N3O2S. The van der Waals surface area contributed by atoms with E-state index < -0.39 is 0 Å². The zero-order valence-electron chi connectivity index (χ0n) is 15.9. The number of benzene rings is 3. The van der Waals surface area contributed by atoms with Crippen LogP contribution >= 0.6 is 11.8 Å². The van der Waals surface area contributed by atoms with E-state index in [-0.39, 0.29) is 16.9 Å². The first kappa shape index (κ1) is 18.4. The number of aromatic hydroxyl groups is 2. The molecule has 4 rings (SSSR count). The number of nitrogens with zero attached hydrogens (tertiary/aromatic N) is 3. The fourth-order valence-corrected chi connectivity index (χ4v) is 3.89. The maximum absolute atomic E-state index is 10.3. The Morgan fingerprint density at radius 3 is 2.21 bits per heavy atom. The van der Waals surface area contributed by atoms with Crippen LogP contribution in [0.2, 0.25) is 0 Å². The van der Waals surface area contributed by atoms with E-state index in [9.17, 15) is 10.2 Å². The zero-order chi connectivity index (χ0) is 19.9. The van der Waals surface area contributed by atoms with Gasteiger partial charge in [-0.25, -0.2) is 0 Å².